The van der Waals surface area contributed by atoms with Gasteiger partial charge in [0.1, 0.15) is 16.2 Å². The number of aromatic nitrogens is 8. The lowest BCUT2D eigenvalue weighted by molar-refractivity contribution is 0.371. The Morgan fingerprint density at radius 1 is 0.740 bits per heavy atom. The van der Waals surface area contributed by atoms with Crippen LogP contribution in [0.5, 0.6) is 11.8 Å². The molecule has 0 unspecified atom stereocenters. The van der Waals surface area contributed by atoms with E-state index in [-0.39, 0.29) is 50.6 Å². The van der Waals surface area contributed by atoms with Gasteiger partial charge >= 0.3 is 11.4 Å². The number of nitrogens with zero attached hydrogens (tertiary/aromatic N) is 7. The SMILES string of the molecule is COc1ncc2c(=O)[nH]c(=O)n(-c3c(C)ccnc3C(C)C)c2c1F.COc1ncc2c(Cl)nc(=O)n(-c3c(C)ccnc3C(C)C)c2c1F. The van der Waals surface area contributed by atoms with Gasteiger partial charge in [-0.2, -0.15) is 13.8 Å². The molecule has 6 aromatic heterocycles. The van der Waals surface area contributed by atoms with Crippen LogP contribution in [0.25, 0.3) is 33.2 Å². The maximum absolute atomic E-state index is 15.0. The van der Waals surface area contributed by atoms with Gasteiger partial charge in [0.2, 0.25) is 11.6 Å². The van der Waals surface area contributed by atoms with Gasteiger partial charge in [-0.25, -0.2) is 19.6 Å². The van der Waals surface area contributed by atoms with Gasteiger partial charge in [0.15, 0.2) is 0 Å². The Balaban J connectivity index is 0.000000194. The van der Waals surface area contributed by atoms with E-state index in [1.165, 1.54) is 31.2 Å². The molecule has 0 amide bonds. The molecule has 0 bridgehead atoms. The Morgan fingerprint density at radius 3 is 1.68 bits per heavy atom. The van der Waals surface area contributed by atoms with Gasteiger partial charge in [-0.05, 0) is 48.9 Å². The van der Waals surface area contributed by atoms with Crippen molar-refractivity contribution in [3.8, 4) is 23.1 Å². The average Bonchev–Trinajstić information content (AvgIpc) is 3.06. The monoisotopic (exact) mass is 706 g/mol. The summed E-state index contributed by atoms with van der Waals surface area (Å²) in [6.45, 7) is 11.3. The van der Waals surface area contributed by atoms with Crippen molar-refractivity contribution >= 4 is 33.4 Å². The molecular formula is C34H33ClF2N8O5. The summed E-state index contributed by atoms with van der Waals surface area (Å²) in [5.41, 5.74) is 1.33. The van der Waals surface area contributed by atoms with Gasteiger partial charge in [-0.15, -0.1) is 0 Å². The molecule has 1 N–H and O–H groups in total. The Hall–Kier alpha value is -5.57. The van der Waals surface area contributed by atoms with Crippen LogP contribution in [0.1, 0.15) is 62.0 Å². The summed E-state index contributed by atoms with van der Waals surface area (Å²) in [4.78, 5) is 59.7. The van der Waals surface area contributed by atoms with E-state index < -0.39 is 28.6 Å². The summed E-state index contributed by atoms with van der Waals surface area (Å²) in [7, 11) is 2.57. The molecule has 0 spiro atoms. The first kappa shape index (κ1) is 35.7. The molecule has 0 aliphatic rings. The largest absolute Gasteiger partial charge is 0.479 e. The second-order valence-electron chi connectivity index (χ2n) is 11.8. The Bertz CT molecular complexity index is 2460. The highest BCUT2D eigenvalue weighted by Gasteiger charge is 2.24. The van der Waals surface area contributed by atoms with E-state index in [0.29, 0.717) is 22.8 Å². The minimum atomic E-state index is -0.874. The standard InChI is InChI=1S/C17H16ClFN4O2.C17H17FN4O3/c1-8(2)12-13(9(3)5-6-20-12)23-14-10(15(18)22-17(23)24)7-21-16(25-4)11(14)19;1-8(2)12-13(9(3)5-6-19-12)22-14-10(15(23)21-17(22)24)7-20-16(25-4)11(14)18/h5-8H,1-4H3;5-8H,1-4H3,(H,21,23,24). The van der Waals surface area contributed by atoms with Crippen LogP contribution in [0.4, 0.5) is 8.78 Å². The Kier molecular flexibility index (Phi) is 10.1. The highest BCUT2D eigenvalue weighted by molar-refractivity contribution is 6.34. The van der Waals surface area contributed by atoms with Crippen LogP contribution in [0.15, 0.2) is 51.3 Å². The van der Waals surface area contributed by atoms with Crippen molar-refractivity contribution in [3.05, 3.63) is 108 Å². The summed E-state index contributed by atoms with van der Waals surface area (Å²) in [5.74, 6) is -2.18. The van der Waals surface area contributed by atoms with E-state index >= 15 is 0 Å². The first-order chi connectivity index (χ1) is 23.7. The van der Waals surface area contributed by atoms with Crippen molar-refractivity contribution in [2.45, 2.75) is 53.4 Å². The summed E-state index contributed by atoms with van der Waals surface area (Å²) < 4.78 is 42.1. The highest BCUT2D eigenvalue weighted by atomic mass is 35.5. The number of methoxy groups -OCH3 is 2. The molecule has 0 fully saturated rings. The number of rotatable bonds is 6. The zero-order chi connectivity index (χ0) is 36.6. The Morgan fingerprint density at radius 2 is 1.20 bits per heavy atom. The number of fused-ring (bicyclic) bond motifs is 2. The molecule has 0 aliphatic heterocycles. The van der Waals surface area contributed by atoms with Crippen molar-refractivity contribution < 1.29 is 18.3 Å². The number of aryl methyl sites for hydroxylation is 2. The topological polar surface area (TPSA) is 160 Å². The van der Waals surface area contributed by atoms with Crippen LogP contribution in [0.2, 0.25) is 5.15 Å². The number of ether oxygens (including phenoxy) is 2. The fraction of sp³-hybridized carbons (Fsp3) is 0.294. The number of aromatic amines is 1. The molecule has 6 heterocycles. The maximum Gasteiger partial charge on any atom is 0.354 e. The predicted octanol–water partition coefficient (Wildman–Crippen LogP) is 5.46. The zero-order valence-electron chi connectivity index (χ0n) is 28.4. The number of nitrogens with one attached hydrogen (secondary N) is 1. The summed E-state index contributed by atoms with van der Waals surface area (Å²) in [6, 6.07) is 3.48. The van der Waals surface area contributed by atoms with E-state index in [9.17, 15) is 23.2 Å². The van der Waals surface area contributed by atoms with Gasteiger partial charge in [0.05, 0.1) is 47.8 Å². The third kappa shape index (κ3) is 6.19. The summed E-state index contributed by atoms with van der Waals surface area (Å²) in [5, 5.41) is 0.0614. The van der Waals surface area contributed by atoms with Crippen molar-refractivity contribution in [2.75, 3.05) is 14.2 Å². The van der Waals surface area contributed by atoms with Gasteiger partial charge in [-0.3, -0.25) is 28.9 Å². The molecule has 0 radical (unpaired) electrons. The quantitative estimate of drug-likeness (QED) is 0.221. The number of H-pyrrole nitrogens is 1. The van der Waals surface area contributed by atoms with Crippen LogP contribution >= 0.6 is 11.6 Å². The number of pyridine rings is 4. The van der Waals surface area contributed by atoms with Crippen LogP contribution in [-0.2, 0) is 0 Å². The molecule has 6 aromatic rings. The van der Waals surface area contributed by atoms with E-state index in [1.807, 2.05) is 34.6 Å². The molecule has 13 nitrogen and oxygen atoms in total. The van der Waals surface area contributed by atoms with E-state index in [4.69, 9.17) is 21.1 Å². The van der Waals surface area contributed by atoms with E-state index in [1.54, 1.807) is 31.5 Å². The summed E-state index contributed by atoms with van der Waals surface area (Å²) >= 11 is 6.04. The molecule has 260 valence electrons. The number of hydrogen-bond donors (Lipinski definition) is 1. The van der Waals surface area contributed by atoms with Crippen molar-refractivity contribution in [3.63, 3.8) is 0 Å². The fourth-order valence-corrected chi connectivity index (χ4v) is 5.77. The molecule has 16 heteroatoms. The van der Waals surface area contributed by atoms with Crippen LogP contribution in [-0.4, -0.2) is 53.3 Å². The van der Waals surface area contributed by atoms with Gasteiger partial charge < -0.3 is 9.47 Å². The molecular weight excluding hydrogens is 674 g/mol. The van der Waals surface area contributed by atoms with Crippen molar-refractivity contribution in [1.82, 2.24) is 39.0 Å². The minimum Gasteiger partial charge on any atom is -0.479 e. The maximum atomic E-state index is 15.0. The number of hydrogen-bond acceptors (Lipinski definition) is 10. The fourth-order valence-electron chi connectivity index (χ4n) is 5.56. The molecule has 0 aromatic carbocycles. The lowest BCUT2D eigenvalue weighted by Gasteiger charge is -2.18. The second kappa shape index (κ2) is 14.1. The first-order valence-corrected chi connectivity index (χ1v) is 15.7. The summed E-state index contributed by atoms with van der Waals surface area (Å²) in [6.07, 6.45) is 5.81. The predicted molar refractivity (Wildman–Crippen MR) is 184 cm³/mol. The van der Waals surface area contributed by atoms with Gasteiger partial charge in [0, 0.05) is 24.8 Å². The molecule has 0 saturated carbocycles. The molecule has 6 rings (SSSR count). The van der Waals surface area contributed by atoms with E-state index in [2.05, 4.69) is 29.9 Å². The average molecular weight is 707 g/mol. The molecule has 0 atom stereocenters. The van der Waals surface area contributed by atoms with Crippen LogP contribution < -0.4 is 26.4 Å². The molecule has 0 saturated heterocycles. The van der Waals surface area contributed by atoms with Crippen LogP contribution in [0, 0.1) is 25.5 Å². The Labute approximate surface area is 288 Å². The van der Waals surface area contributed by atoms with E-state index in [0.717, 1.165) is 15.7 Å². The van der Waals surface area contributed by atoms with Crippen molar-refractivity contribution in [1.29, 1.82) is 0 Å². The third-order valence-corrected chi connectivity index (χ3v) is 8.17. The molecule has 0 aliphatic carbocycles. The highest BCUT2D eigenvalue weighted by Crippen LogP contribution is 2.32. The lowest BCUT2D eigenvalue weighted by Crippen LogP contribution is -2.31. The van der Waals surface area contributed by atoms with Crippen molar-refractivity contribution in [2.24, 2.45) is 0 Å². The smallest absolute Gasteiger partial charge is 0.354 e. The van der Waals surface area contributed by atoms with Gasteiger partial charge in [-0.1, -0.05) is 39.3 Å². The number of halogens is 3. The first-order valence-electron chi connectivity index (χ1n) is 15.3. The third-order valence-electron chi connectivity index (χ3n) is 7.88. The van der Waals surface area contributed by atoms with Crippen LogP contribution in [0.3, 0.4) is 0 Å². The normalized spacial score (nSPS) is 11.3. The second-order valence-corrected chi connectivity index (χ2v) is 12.2. The van der Waals surface area contributed by atoms with Gasteiger partial charge in [0.25, 0.3) is 17.3 Å². The molecule has 50 heavy (non-hydrogen) atoms. The minimum absolute atomic E-state index is 0.0133. The lowest BCUT2D eigenvalue weighted by atomic mass is 10.0. The zero-order valence-corrected chi connectivity index (χ0v) is 29.2.